The first-order chi connectivity index (χ1) is 47.8. The van der Waals surface area contributed by atoms with Crippen LogP contribution in [0.3, 0.4) is 0 Å². The van der Waals surface area contributed by atoms with Crippen molar-refractivity contribution in [2.24, 2.45) is 21.7 Å². The Balaban J connectivity index is 0.000000647. The zero-order valence-corrected chi connectivity index (χ0v) is 62.1. The summed E-state index contributed by atoms with van der Waals surface area (Å²) in [6.07, 6.45) is 14.2. The first-order valence-electron chi connectivity index (χ1n) is 33.9. The third kappa shape index (κ3) is 38.4. The number of alkyl halides is 1. The number of benzene rings is 3. The van der Waals surface area contributed by atoms with Crippen molar-refractivity contribution in [3.63, 3.8) is 0 Å². The Morgan fingerprint density at radius 1 is 0.422 bits per heavy atom. The molecule has 5 N–H and O–H groups in total. The van der Waals surface area contributed by atoms with Crippen molar-refractivity contribution in [3.05, 3.63) is 132 Å². The van der Waals surface area contributed by atoms with Crippen LogP contribution in [0.4, 0.5) is 0 Å². The van der Waals surface area contributed by atoms with Crippen LogP contribution in [-0.2, 0) is 100 Å². The lowest BCUT2D eigenvalue weighted by molar-refractivity contribution is -0.162. The molecule has 3 aliphatic rings. The molecule has 0 unspecified atom stereocenters. The Kier molecular flexibility index (Phi) is 42.6. The summed E-state index contributed by atoms with van der Waals surface area (Å²) in [6, 6.07) is 22.7. The number of halogens is 1. The van der Waals surface area contributed by atoms with Crippen molar-refractivity contribution < 1.29 is 116 Å². The van der Waals surface area contributed by atoms with E-state index in [0.29, 0.717) is 11.6 Å². The molecule has 3 aromatic rings. The van der Waals surface area contributed by atoms with Crippen LogP contribution in [0.1, 0.15) is 193 Å². The standard InChI is InChI=1S/C24H32O7.C16H24O6.C13H18O4.C11H16O4.C8H9Cl.C5H10O3/c1-17(14-21(25)31-20-8-6-5-7-9-20)22(26)30-16-24(2,3)23(27)29-15-18-10-12-19(28-4)13-11-18;1-11(14(18)21-10-16(2,3)15(19)20)9-13(17)22-12-7-5-4-6-8-12;1-13(2,9-14)12(15)17-8-10-4-6-11(16-3)7-5-10;1-8(11(13)14)7-10(12)15-9-5-3-2-4-6-9;1-7-2-4-8(6-9)5-3-7;1-5(2,3-6)4(7)8/h10-13,20H,1,5-9,14-16H2,2-4H3;12H,1,4-10H2,2-3H3,(H,19,20);4-7,14H,8-9H2,1-3H3;9H,1-7H2,(H,13,14);2-5H,6H2,1H3;6H,3H2,1-2H3,(H,7,8). The van der Waals surface area contributed by atoms with Crippen LogP contribution in [0.5, 0.6) is 11.5 Å². The van der Waals surface area contributed by atoms with Gasteiger partial charge in [-0.3, -0.25) is 33.6 Å². The van der Waals surface area contributed by atoms with Crippen molar-refractivity contribution >= 4 is 71.3 Å². The largest absolute Gasteiger partial charge is 0.497 e. The smallest absolute Gasteiger partial charge is 0.334 e. The van der Waals surface area contributed by atoms with Crippen molar-refractivity contribution in [2.75, 3.05) is 40.6 Å². The maximum absolute atomic E-state index is 12.4. The third-order valence-corrected chi connectivity index (χ3v) is 16.3. The zero-order chi connectivity index (χ0) is 77.2. The van der Waals surface area contributed by atoms with Crippen LogP contribution in [0, 0.1) is 28.6 Å². The van der Waals surface area contributed by atoms with Crippen LogP contribution >= 0.6 is 11.6 Å². The number of aliphatic hydroxyl groups is 2. The Morgan fingerprint density at radius 2 is 0.725 bits per heavy atom. The summed E-state index contributed by atoms with van der Waals surface area (Å²) in [6.45, 7) is 24.1. The molecule has 6 rings (SSSR count). The molecule has 0 saturated heterocycles. The number of carboxylic acids is 3. The number of hydrogen-bond donors (Lipinski definition) is 5. The molecule has 24 nitrogen and oxygen atoms in total. The highest BCUT2D eigenvalue weighted by molar-refractivity contribution is 6.17. The predicted octanol–water partition coefficient (Wildman–Crippen LogP) is 13.1. The summed E-state index contributed by atoms with van der Waals surface area (Å²) in [5.74, 6) is -4.95. The normalized spacial score (nSPS) is 13.9. The third-order valence-electron chi connectivity index (χ3n) is 16.0. The second-order valence-corrected chi connectivity index (χ2v) is 27.7. The van der Waals surface area contributed by atoms with Crippen molar-refractivity contribution in [2.45, 2.75) is 215 Å². The average Bonchev–Trinajstić information content (AvgIpc) is 0.872. The van der Waals surface area contributed by atoms with Crippen molar-refractivity contribution in [1.82, 2.24) is 0 Å². The van der Waals surface area contributed by atoms with Gasteiger partial charge in [-0.1, -0.05) is 93.1 Å². The molecular formula is C77H109ClO24. The second kappa shape index (κ2) is 47.6. The Hall–Kier alpha value is -8.61. The summed E-state index contributed by atoms with van der Waals surface area (Å²) < 4.78 is 46.5. The molecule has 0 bridgehead atoms. The fourth-order valence-corrected chi connectivity index (χ4v) is 8.91. The number of methoxy groups -OCH3 is 2. The first kappa shape index (κ1) is 91.4. The fraction of sp³-hybridized carbons (Fsp3) is 0.558. The molecule has 3 aromatic carbocycles. The van der Waals surface area contributed by atoms with E-state index in [1.54, 1.807) is 78.3 Å². The minimum absolute atomic E-state index is 0.00297. The number of carbonyl (C=O) groups is 10. The molecule has 25 heteroatoms. The van der Waals surface area contributed by atoms with Gasteiger partial charge in [0.2, 0.25) is 0 Å². The minimum atomic E-state index is -1.18. The molecule has 0 aliphatic heterocycles. The lowest BCUT2D eigenvalue weighted by atomic mass is 9.95. The molecule has 3 aliphatic carbocycles. The van der Waals surface area contributed by atoms with Crippen molar-refractivity contribution in [1.29, 1.82) is 0 Å². The summed E-state index contributed by atoms with van der Waals surface area (Å²) in [4.78, 5) is 114. The van der Waals surface area contributed by atoms with E-state index in [0.717, 1.165) is 107 Å². The molecule has 0 atom stereocenters. The van der Waals surface area contributed by atoms with E-state index >= 15 is 0 Å². The highest BCUT2D eigenvalue weighted by atomic mass is 35.5. The molecule has 0 aromatic heterocycles. The first-order valence-corrected chi connectivity index (χ1v) is 34.5. The summed E-state index contributed by atoms with van der Waals surface area (Å²) in [7, 11) is 3.17. The molecule has 102 heavy (non-hydrogen) atoms. The van der Waals surface area contributed by atoms with Crippen LogP contribution < -0.4 is 9.47 Å². The van der Waals surface area contributed by atoms with Gasteiger partial charge in [0.05, 0.1) is 68.4 Å². The maximum Gasteiger partial charge on any atom is 0.334 e. The number of carboxylic acid groups (broad SMARTS) is 3. The lowest BCUT2D eigenvalue weighted by Gasteiger charge is -2.23. The van der Waals surface area contributed by atoms with E-state index in [-0.39, 0.29) is 93.9 Å². The number of esters is 7. The van der Waals surface area contributed by atoms with E-state index < -0.39 is 81.4 Å². The Bertz CT molecular complexity index is 3150. The number of aliphatic hydroxyl groups excluding tert-OH is 2. The van der Waals surface area contributed by atoms with E-state index in [1.807, 2.05) is 24.3 Å². The molecule has 3 saturated carbocycles. The Morgan fingerprint density at radius 3 is 1.01 bits per heavy atom. The molecular weight excluding hydrogens is 1340 g/mol. The van der Waals surface area contributed by atoms with Gasteiger partial charge in [0.25, 0.3) is 0 Å². The van der Waals surface area contributed by atoms with E-state index in [1.165, 1.54) is 45.2 Å². The fourth-order valence-electron chi connectivity index (χ4n) is 8.73. The molecule has 0 amide bonds. The van der Waals surface area contributed by atoms with Gasteiger partial charge >= 0.3 is 59.7 Å². The topological polar surface area (TPSA) is 355 Å². The van der Waals surface area contributed by atoms with Gasteiger partial charge in [0, 0.05) is 22.6 Å². The highest BCUT2D eigenvalue weighted by Gasteiger charge is 2.34. The van der Waals surface area contributed by atoms with Crippen LogP contribution in [-0.4, -0.2) is 144 Å². The molecule has 568 valence electrons. The van der Waals surface area contributed by atoms with Gasteiger partial charge < -0.3 is 68.2 Å². The van der Waals surface area contributed by atoms with Gasteiger partial charge in [0.15, 0.2) is 0 Å². The number of aryl methyl sites for hydroxylation is 1. The van der Waals surface area contributed by atoms with E-state index in [2.05, 4.69) is 38.8 Å². The van der Waals surface area contributed by atoms with Gasteiger partial charge in [-0.05, 0) is 180 Å². The quantitative estimate of drug-likeness (QED) is 0.0186. The SMILES string of the molecule is C=C(CC(=O)OC1CCCCC1)C(=O)O.C=C(CC(=O)OC1CCCCC1)C(=O)OCC(C)(C)C(=O)O.C=C(CC(=O)OC1CCCCC1)C(=O)OCC(C)(C)C(=O)OCc1ccc(OC)cc1.CC(C)(CO)C(=O)O.COc1ccc(COC(=O)C(C)(C)CO)cc1.Cc1ccc(CCl)cc1. The van der Waals surface area contributed by atoms with Gasteiger partial charge in [-0.2, -0.15) is 0 Å². The Labute approximate surface area is 605 Å². The number of carbonyl (C=O) groups excluding carboxylic acids is 7. The molecule has 0 heterocycles. The van der Waals surface area contributed by atoms with Crippen LogP contribution in [0.2, 0.25) is 0 Å². The van der Waals surface area contributed by atoms with Crippen molar-refractivity contribution in [3.8, 4) is 11.5 Å². The highest BCUT2D eigenvalue weighted by Crippen LogP contribution is 2.26. The average molecular weight is 1450 g/mol. The van der Waals surface area contributed by atoms with E-state index in [9.17, 15) is 47.9 Å². The number of aliphatic carboxylic acids is 3. The predicted molar refractivity (Wildman–Crippen MR) is 381 cm³/mol. The molecule has 3 fully saturated rings. The van der Waals surface area contributed by atoms with Gasteiger partial charge in [0.1, 0.15) is 56.2 Å². The number of rotatable bonds is 29. The van der Waals surface area contributed by atoms with E-state index in [4.69, 9.17) is 79.8 Å². The second-order valence-electron chi connectivity index (χ2n) is 27.5. The number of ether oxygens (including phenoxy) is 9. The summed E-state index contributed by atoms with van der Waals surface area (Å²) in [5, 5.41) is 43.1. The number of hydrogen-bond acceptors (Lipinski definition) is 21. The monoisotopic (exact) mass is 1450 g/mol. The van der Waals surface area contributed by atoms with Crippen LogP contribution in [0.25, 0.3) is 0 Å². The molecule has 0 radical (unpaired) electrons. The van der Waals surface area contributed by atoms with Crippen LogP contribution in [0.15, 0.2) is 109 Å². The summed E-state index contributed by atoms with van der Waals surface area (Å²) in [5.41, 5.74) is -0.0532. The van der Waals surface area contributed by atoms with Gasteiger partial charge in [-0.25, -0.2) is 14.4 Å². The van der Waals surface area contributed by atoms with Gasteiger partial charge in [-0.15, -0.1) is 11.6 Å². The maximum atomic E-state index is 12.4. The lowest BCUT2D eigenvalue weighted by Crippen LogP contribution is -2.33. The molecule has 0 spiro atoms. The zero-order valence-electron chi connectivity index (χ0n) is 61.3. The minimum Gasteiger partial charge on any atom is -0.497 e. The summed E-state index contributed by atoms with van der Waals surface area (Å²) >= 11 is 5.58.